The van der Waals surface area contributed by atoms with E-state index in [0.29, 0.717) is 34.3 Å². The molecule has 0 spiro atoms. The second kappa shape index (κ2) is 8.30. The van der Waals surface area contributed by atoms with Gasteiger partial charge in [-0.15, -0.1) is 0 Å². The molecular formula is C22H18Cl2N2O3S. The number of benzene rings is 3. The molecule has 0 radical (unpaired) electrons. The maximum atomic E-state index is 13.0. The average Bonchev–Trinajstić information content (AvgIpc) is 2.72. The predicted molar refractivity (Wildman–Crippen MR) is 120 cm³/mol. The van der Waals surface area contributed by atoms with Crippen molar-refractivity contribution in [3.8, 4) is 0 Å². The van der Waals surface area contributed by atoms with Crippen LogP contribution in [0.4, 0.5) is 11.4 Å². The number of nitrogens with one attached hydrogen (secondary N) is 1. The van der Waals surface area contributed by atoms with Gasteiger partial charge in [0.25, 0.3) is 15.9 Å². The number of rotatable bonds is 4. The number of hydrogen-bond donors (Lipinski definition) is 1. The molecule has 0 saturated carbocycles. The number of amides is 1. The van der Waals surface area contributed by atoms with Crippen LogP contribution in [0, 0.1) is 0 Å². The molecule has 0 fully saturated rings. The Morgan fingerprint density at radius 1 is 0.933 bits per heavy atom. The zero-order valence-electron chi connectivity index (χ0n) is 15.8. The Hall–Kier alpha value is -2.54. The topological polar surface area (TPSA) is 66.5 Å². The van der Waals surface area contributed by atoms with Crippen molar-refractivity contribution in [1.82, 2.24) is 0 Å². The van der Waals surface area contributed by atoms with Crippen LogP contribution in [0.5, 0.6) is 0 Å². The van der Waals surface area contributed by atoms with Crippen LogP contribution >= 0.6 is 23.2 Å². The van der Waals surface area contributed by atoms with E-state index in [1.165, 1.54) is 6.07 Å². The number of carbonyl (C=O) groups excluding carboxylic acids is 1. The summed E-state index contributed by atoms with van der Waals surface area (Å²) in [4.78, 5) is 14.8. The Labute approximate surface area is 185 Å². The lowest BCUT2D eigenvalue weighted by Crippen LogP contribution is -2.35. The number of anilines is 2. The maximum Gasteiger partial charge on any atom is 0.261 e. The van der Waals surface area contributed by atoms with Crippen molar-refractivity contribution in [1.29, 1.82) is 0 Å². The van der Waals surface area contributed by atoms with E-state index in [1.807, 2.05) is 0 Å². The molecule has 154 valence electrons. The van der Waals surface area contributed by atoms with E-state index in [9.17, 15) is 13.2 Å². The normalized spacial score (nSPS) is 13.6. The third kappa shape index (κ3) is 4.31. The van der Waals surface area contributed by atoms with Crippen molar-refractivity contribution in [2.75, 3.05) is 16.2 Å². The molecule has 3 aromatic rings. The fourth-order valence-electron chi connectivity index (χ4n) is 3.47. The van der Waals surface area contributed by atoms with E-state index in [-0.39, 0.29) is 10.8 Å². The summed E-state index contributed by atoms with van der Waals surface area (Å²) >= 11 is 11.9. The zero-order valence-corrected chi connectivity index (χ0v) is 18.1. The number of carbonyl (C=O) groups is 1. The number of sulfonamides is 1. The number of fused-ring (bicyclic) bond motifs is 1. The van der Waals surface area contributed by atoms with E-state index in [1.54, 1.807) is 65.6 Å². The lowest BCUT2D eigenvalue weighted by molar-refractivity contribution is 0.0985. The summed E-state index contributed by atoms with van der Waals surface area (Å²) < 4.78 is 28.2. The molecule has 1 aliphatic heterocycles. The van der Waals surface area contributed by atoms with Gasteiger partial charge in [0.2, 0.25) is 0 Å². The van der Waals surface area contributed by atoms with E-state index in [0.717, 1.165) is 17.7 Å². The summed E-state index contributed by atoms with van der Waals surface area (Å²) in [6.07, 6.45) is 1.44. The van der Waals surface area contributed by atoms with E-state index >= 15 is 0 Å². The summed E-state index contributed by atoms with van der Waals surface area (Å²) in [6, 6.07) is 18.1. The van der Waals surface area contributed by atoms with Crippen LogP contribution < -0.4 is 9.62 Å². The minimum atomic E-state index is -3.78. The highest BCUT2D eigenvalue weighted by Gasteiger charge is 2.25. The molecule has 1 aliphatic rings. The molecule has 0 unspecified atom stereocenters. The van der Waals surface area contributed by atoms with Crippen molar-refractivity contribution in [3.05, 3.63) is 87.9 Å². The molecule has 30 heavy (non-hydrogen) atoms. The van der Waals surface area contributed by atoms with Crippen molar-refractivity contribution in [2.24, 2.45) is 0 Å². The molecule has 3 aromatic carbocycles. The average molecular weight is 461 g/mol. The van der Waals surface area contributed by atoms with Crippen molar-refractivity contribution >= 4 is 50.5 Å². The monoisotopic (exact) mass is 460 g/mol. The van der Waals surface area contributed by atoms with E-state index < -0.39 is 10.0 Å². The molecule has 0 aliphatic carbocycles. The summed E-state index contributed by atoms with van der Waals surface area (Å²) in [5, 5.41) is 1.00. The van der Waals surface area contributed by atoms with Crippen LogP contribution in [0.2, 0.25) is 10.0 Å². The van der Waals surface area contributed by atoms with Crippen molar-refractivity contribution < 1.29 is 13.2 Å². The van der Waals surface area contributed by atoms with Gasteiger partial charge in [0, 0.05) is 27.8 Å². The fourth-order valence-corrected chi connectivity index (χ4v) is 4.88. The smallest absolute Gasteiger partial charge is 0.261 e. The van der Waals surface area contributed by atoms with Gasteiger partial charge in [0.15, 0.2) is 0 Å². The standard InChI is InChI=1S/C22H18Cl2N2O3S/c23-17-8-6-15(7-9-17)22(27)26-12-2-3-16-13-20(10-11-21(16)26)30(28,29)25-19-5-1-4-18(24)14-19/h1,4-11,13-14,25H,2-3,12H2. The molecule has 1 N–H and O–H groups in total. The highest BCUT2D eigenvalue weighted by atomic mass is 35.5. The number of aryl methyl sites for hydroxylation is 1. The Kier molecular flexibility index (Phi) is 5.73. The Balaban J connectivity index is 1.63. The SMILES string of the molecule is O=C(c1ccc(Cl)cc1)N1CCCc2cc(S(=O)(=O)Nc3cccc(Cl)c3)ccc21. The predicted octanol–water partition coefficient (Wildman–Crippen LogP) is 5.39. The van der Waals surface area contributed by atoms with Gasteiger partial charge in [0.1, 0.15) is 0 Å². The molecule has 0 saturated heterocycles. The number of nitrogens with zero attached hydrogens (tertiary/aromatic N) is 1. The highest BCUT2D eigenvalue weighted by Crippen LogP contribution is 2.31. The number of hydrogen-bond acceptors (Lipinski definition) is 3. The van der Waals surface area contributed by atoms with Gasteiger partial charge in [-0.25, -0.2) is 8.42 Å². The van der Waals surface area contributed by atoms with Crippen molar-refractivity contribution in [2.45, 2.75) is 17.7 Å². The first-order chi connectivity index (χ1) is 14.3. The van der Waals surface area contributed by atoms with Gasteiger partial charge in [-0.3, -0.25) is 9.52 Å². The first kappa shape index (κ1) is 20.7. The van der Waals surface area contributed by atoms with Gasteiger partial charge in [-0.05, 0) is 79.1 Å². The van der Waals surface area contributed by atoms with Gasteiger partial charge in [0.05, 0.1) is 10.6 Å². The van der Waals surface area contributed by atoms with E-state index in [2.05, 4.69) is 4.72 Å². The van der Waals surface area contributed by atoms with Crippen LogP contribution in [0.25, 0.3) is 0 Å². The molecule has 1 amide bonds. The first-order valence-corrected chi connectivity index (χ1v) is 11.6. The minimum Gasteiger partial charge on any atom is -0.308 e. The molecule has 4 rings (SSSR count). The van der Waals surface area contributed by atoms with Crippen molar-refractivity contribution in [3.63, 3.8) is 0 Å². The number of halogens is 2. The Morgan fingerprint density at radius 3 is 2.43 bits per heavy atom. The molecule has 0 aromatic heterocycles. The summed E-state index contributed by atoms with van der Waals surface area (Å²) in [6.45, 7) is 0.571. The largest absolute Gasteiger partial charge is 0.308 e. The van der Waals surface area contributed by atoms with Crippen LogP contribution in [-0.4, -0.2) is 20.9 Å². The van der Waals surface area contributed by atoms with Crippen LogP contribution in [-0.2, 0) is 16.4 Å². The van der Waals surface area contributed by atoms with Gasteiger partial charge in [-0.1, -0.05) is 29.3 Å². The Morgan fingerprint density at radius 2 is 1.70 bits per heavy atom. The fraction of sp³-hybridized carbons (Fsp3) is 0.136. The molecule has 1 heterocycles. The highest BCUT2D eigenvalue weighted by molar-refractivity contribution is 7.92. The molecule has 8 heteroatoms. The first-order valence-electron chi connectivity index (χ1n) is 9.32. The summed E-state index contributed by atoms with van der Waals surface area (Å²) in [7, 11) is -3.78. The van der Waals surface area contributed by atoms with Crippen LogP contribution in [0.15, 0.2) is 71.6 Å². The summed E-state index contributed by atoms with van der Waals surface area (Å²) in [5.74, 6) is -0.139. The second-order valence-electron chi connectivity index (χ2n) is 6.97. The third-order valence-electron chi connectivity index (χ3n) is 4.89. The summed E-state index contributed by atoms with van der Waals surface area (Å²) in [5.41, 5.74) is 2.46. The van der Waals surface area contributed by atoms with Crippen LogP contribution in [0.3, 0.4) is 0 Å². The molecule has 5 nitrogen and oxygen atoms in total. The maximum absolute atomic E-state index is 13.0. The zero-order chi connectivity index (χ0) is 21.3. The van der Waals surface area contributed by atoms with Gasteiger partial charge < -0.3 is 4.90 Å². The molecule has 0 atom stereocenters. The molecule has 0 bridgehead atoms. The third-order valence-corrected chi connectivity index (χ3v) is 6.76. The molecular weight excluding hydrogens is 443 g/mol. The van der Waals surface area contributed by atoms with E-state index in [4.69, 9.17) is 23.2 Å². The van der Waals surface area contributed by atoms with Crippen LogP contribution in [0.1, 0.15) is 22.3 Å². The lowest BCUT2D eigenvalue weighted by Gasteiger charge is -2.30. The van der Waals surface area contributed by atoms with Gasteiger partial charge >= 0.3 is 0 Å². The minimum absolute atomic E-state index is 0.139. The second-order valence-corrected chi connectivity index (χ2v) is 9.53. The lowest BCUT2D eigenvalue weighted by atomic mass is 10.0. The quantitative estimate of drug-likeness (QED) is 0.567. The van der Waals surface area contributed by atoms with Gasteiger partial charge in [-0.2, -0.15) is 0 Å². The Bertz CT molecular complexity index is 1210.